The molecule has 0 radical (unpaired) electrons. The summed E-state index contributed by atoms with van der Waals surface area (Å²) in [5.41, 5.74) is 7.20. The van der Waals surface area contributed by atoms with Gasteiger partial charge in [-0.3, -0.25) is 9.71 Å². The number of aromatic nitrogens is 1. The van der Waals surface area contributed by atoms with E-state index in [1.165, 1.54) is 31.5 Å². The van der Waals surface area contributed by atoms with Crippen LogP contribution in [0.4, 0.5) is 11.4 Å². The summed E-state index contributed by atoms with van der Waals surface area (Å²) in [5.74, 6) is 0.197. The summed E-state index contributed by atoms with van der Waals surface area (Å²) < 4.78 is 32.2. The Labute approximate surface area is 117 Å². The number of methoxy groups -OCH3 is 1. The van der Waals surface area contributed by atoms with Crippen molar-refractivity contribution in [1.82, 2.24) is 4.98 Å². The van der Waals surface area contributed by atoms with Crippen molar-refractivity contribution >= 4 is 21.4 Å². The van der Waals surface area contributed by atoms with Gasteiger partial charge in [-0.2, -0.15) is 0 Å². The predicted octanol–water partition coefficient (Wildman–Crippen LogP) is 1.78. The summed E-state index contributed by atoms with van der Waals surface area (Å²) in [5, 5.41) is 0. The number of nitrogens with one attached hydrogen (secondary N) is 1. The fourth-order valence-corrected chi connectivity index (χ4v) is 2.93. The molecular formula is C13H15N3O3S. The Morgan fingerprint density at radius 3 is 2.65 bits per heavy atom. The number of aryl methyl sites for hydroxylation is 1. The highest BCUT2D eigenvalue weighted by Crippen LogP contribution is 2.27. The third kappa shape index (κ3) is 3.00. The number of rotatable bonds is 4. The zero-order valence-electron chi connectivity index (χ0n) is 11.1. The number of hydrogen-bond donors (Lipinski definition) is 2. The maximum absolute atomic E-state index is 12.4. The molecule has 1 heterocycles. The summed E-state index contributed by atoms with van der Waals surface area (Å²) in [6.45, 7) is 1.78. The Hall–Kier alpha value is -2.28. The van der Waals surface area contributed by atoms with Gasteiger partial charge in [0.1, 0.15) is 10.6 Å². The number of hydrogen-bond acceptors (Lipinski definition) is 5. The number of nitrogens with two attached hydrogens (primary N) is 1. The van der Waals surface area contributed by atoms with Gasteiger partial charge < -0.3 is 10.5 Å². The molecule has 0 saturated carbocycles. The first-order valence-corrected chi connectivity index (χ1v) is 7.29. The van der Waals surface area contributed by atoms with E-state index in [0.717, 1.165) is 5.69 Å². The number of nitrogen functional groups attached to an aromatic ring is 1. The van der Waals surface area contributed by atoms with Crippen molar-refractivity contribution in [2.24, 2.45) is 0 Å². The largest absolute Gasteiger partial charge is 0.495 e. The molecule has 1 aromatic heterocycles. The molecule has 0 atom stereocenters. The van der Waals surface area contributed by atoms with E-state index in [2.05, 4.69) is 9.71 Å². The van der Waals surface area contributed by atoms with Crippen molar-refractivity contribution < 1.29 is 13.2 Å². The Morgan fingerprint density at radius 1 is 1.25 bits per heavy atom. The molecule has 0 saturated heterocycles. The normalized spacial score (nSPS) is 11.1. The molecular weight excluding hydrogens is 278 g/mol. The Bertz CT molecular complexity index is 729. The first kappa shape index (κ1) is 14.1. The maximum Gasteiger partial charge on any atom is 0.265 e. The SMILES string of the molecule is COc1cc(N)ccc1S(=O)(=O)Nc1ccnc(C)c1. The lowest BCUT2D eigenvalue weighted by atomic mass is 10.3. The molecule has 2 aromatic rings. The monoisotopic (exact) mass is 293 g/mol. The number of nitrogens with zero attached hydrogens (tertiary/aromatic N) is 1. The minimum atomic E-state index is -3.75. The van der Waals surface area contributed by atoms with Gasteiger partial charge >= 0.3 is 0 Å². The first-order chi connectivity index (χ1) is 9.42. The van der Waals surface area contributed by atoms with Crippen molar-refractivity contribution in [1.29, 1.82) is 0 Å². The molecule has 0 fully saturated rings. The topological polar surface area (TPSA) is 94.3 Å². The Kier molecular flexibility index (Phi) is 3.80. The maximum atomic E-state index is 12.4. The van der Waals surface area contributed by atoms with Crippen LogP contribution in [0.1, 0.15) is 5.69 Å². The van der Waals surface area contributed by atoms with Crippen LogP contribution < -0.4 is 15.2 Å². The molecule has 0 bridgehead atoms. The Balaban J connectivity index is 2.40. The van der Waals surface area contributed by atoms with Crippen LogP contribution in [-0.4, -0.2) is 20.5 Å². The molecule has 0 unspecified atom stereocenters. The lowest BCUT2D eigenvalue weighted by Gasteiger charge is -2.12. The molecule has 0 spiro atoms. The standard InChI is InChI=1S/C13H15N3O3S/c1-9-7-11(5-6-15-9)16-20(17,18)13-4-3-10(14)8-12(13)19-2/h3-8H,14H2,1-2H3,(H,15,16). The highest BCUT2D eigenvalue weighted by molar-refractivity contribution is 7.92. The van der Waals surface area contributed by atoms with Gasteiger partial charge in [0, 0.05) is 23.6 Å². The number of pyridine rings is 1. The second-order valence-corrected chi connectivity index (χ2v) is 5.85. The minimum Gasteiger partial charge on any atom is -0.495 e. The first-order valence-electron chi connectivity index (χ1n) is 5.81. The van der Waals surface area contributed by atoms with Crippen LogP contribution in [0.2, 0.25) is 0 Å². The molecule has 0 aliphatic heterocycles. The van der Waals surface area contributed by atoms with E-state index >= 15 is 0 Å². The van der Waals surface area contributed by atoms with Crippen LogP contribution in [0.25, 0.3) is 0 Å². The number of ether oxygens (including phenoxy) is 1. The van der Waals surface area contributed by atoms with Crippen molar-refractivity contribution in [2.45, 2.75) is 11.8 Å². The molecule has 106 valence electrons. The van der Waals surface area contributed by atoms with Crippen molar-refractivity contribution in [2.75, 3.05) is 17.6 Å². The molecule has 7 heteroatoms. The summed E-state index contributed by atoms with van der Waals surface area (Å²) in [7, 11) is -2.35. The molecule has 0 aliphatic carbocycles. The van der Waals surface area contributed by atoms with Crippen LogP contribution in [0.3, 0.4) is 0 Å². The van der Waals surface area contributed by atoms with Gasteiger partial charge in [0.15, 0.2) is 0 Å². The number of sulfonamides is 1. The van der Waals surface area contributed by atoms with Crippen LogP contribution >= 0.6 is 0 Å². The van der Waals surface area contributed by atoms with Gasteiger partial charge in [-0.15, -0.1) is 0 Å². The second-order valence-electron chi connectivity index (χ2n) is 4.20. The van der Waals surface area contributed by atoms with Crippen LogP contribution in [0, 0.1) is 6.92 Å². The summed E-state index contributed by atoms with van der Waals surface area (Å²) in [6, 6.07) is 7.60. The van der Waals surface area contributed by atoms with Crippen molar-refractivity contribution in [3.63, 3.8) is 0 Å². The number of anilines is 2. The summed E-state index contributed by atoms with van der Waals surface area (Å²) in [4.78, 5) is 4.04. The predicted molar refractivity (Wildman–Crippen MR) is 77.2 cm³/mol. The van der Waals surface area contributed by atoms with E-state index in [9.17, 15) is 8.42 Å². The second kappa shape index (κ2) is 5.38. The van der Waals surface area contributed by atoms with Crippen LogP contribution in [-0.2, 0) is 10.0 Å². The van der Waals surface area contributed by atoms with Gasteiger partial charge in [-0.05, 0) is 31.2 Å². The third-order valence-corrected chi connectivity index (χ3v) is 4.05. The highest BCUT2D eigenvalue weighted by atomic mass is 32.2. The van der Waals surface area contributed by atoms with Crippen LogP contribution in [0.15, 0.2) is 41.4 Å². The van der Waals surface area contributed by atoms with E-state index in [1.807, 2.05) is 0 Å². The zero-order valence-corrected chi connectivity index (χ0v) is 11.9. The molecule has 0 amide bonds. The minimum absolute atomic E-state index is 0.0312. The molecule has 6 nitrogen and oxygen atoms in total. The van der Waals surface area contributed by atoms with Gasteiger partial charge in [-0.1, -0.05) is 0 Å². The molecule has 0 aliphatic rings. The summed E-state index contributed by atoms with van der Waals surface area (Å²) >= 11 is 0. The van der Waals surface area contributed by atoms with Gasteiger partial charge in [0.2, 0.25) is 0 Å². The summed E-state index contributed by atoms with van der Waals surface area (Å²) in [6.07, 6.45) is 1.54. The van der Waals surface area contributed by atoms with Gasteiger partial charge in [-0.25, -0.2) is 8.42 Å². The lowest BCUT2D eigenvalue weighted by Crippen LogP contribution is -2.14. The quantitative estimate of drug-likeness (QED) is 0.838. The average Bonchev–Trinajstić information content (AvgIpc) is 2.37. The fraction of sp³-hybridized carbons (Fsp3) is 0.154. The van der Waals surface area contributed by atoms with E-state index in [-0.39, 0.29) is 10.6 Å². The van der Waals surface area contributed by atoms with E-state index in [1.54, 1.807) is 19.1 Å². The molecule has 2 rings (SSSR count). The zero-order chi connectivity index (χ0) is 14.8. The fourth-order valence-electron chi connectivity index (χ4n) is 1.73. The highest BCUT2D eigenvalue weighted by Gasteiger charge is 2.19. The van der Waals surface area contributed by atoms with Crippen LogP contribution in [0.5, 0.6) is 5.75 Å². The van der Waals surface area contributed by atoms with E-state index in [0.29, 0.717) is 11.4 Å². The smallest absolute Gasteiger partial charge is 0.265 e. The third-order valence-electron chi connectivity index (χ3n) is 2.63. The average molecular weight is 293 g/mol. The van der Waals surface area contributed by atoms with E-state index in [4.69, 9.17) is 10.5 Å². The van der Waals surface area contributed by atoms with Crippen molar-refractivity contribution in [3.05, 3.63) is 42.2 Å². The van der Waals surface area contributed by atoms with E-state index < -0.39 is 10.0 Å². The van der Waals surface area contributed by atoms with Gasteiger partial charge in [0.25, 0.3) is 10.0 Å². The molecule has 3 N–H and O–H groups in total. The molecule has 1 aromatic carbocycles. The van der Waals surface area contributed by atoms with Crippen molar-refractivity contribution in [3.8, 4) is 5.75 Å². The lowest BCUT2D eigenvalue weighted by molar-refractivity contribution is 0.403. The number of benzene rings is 1. The van der Waals surface area contributed by atoms with Gasteiger partial charge in [0.05, 0.1) is 12.8 Å². The Morgan fingerprint density at radius 2 is 2.00 bits per heavy atom. The molecule has 20 heavy (non-hydrogen) atoms.